The Morgan fingerprint density at radius 3 is 2.24 bits per heavy atom. The first-order chi connectivity index (χ1) is 10.1. The fourth-order valence-corrected chi connectivity index (χ4v) is 2.28. The van der Waals surface area contributed by atoms with Gasteiger partial charge in [-0.3, -0.25) is 4.79 Å². The van der Waals surface area contributed by atoms with Crippen LogP contribution in [0.15, 0.2) is 54.6 Å². The van der Waals surface area contributed by atoms with Gasteiger partial charge in [-0.2, -0.15) is 0 Å². The third kappa shape index (κ3) is 4.42. The molecule has 0 aliphatic rings. The fraction of sp³-hybridized carbons (Fsp3) is 0.278. The van der Waals surface area contributed by atoms with Crippen molar-refractivity contribution < 1.29 is 9.18 Å². The predicted molar refractivity (Wildman–Crippen MR) is 82.5 cm³/mol. The lowest BCUT2D eigenvalue weighted by Gasteiger charge is -2.21. The Morgan fingerprint density at radius 1 is 1.05 bits per heavy atom. The van der Waals surface area contributed by atoms with Crippen molar-refractivity contribution in [3.63, 3.8) is 0 Å². The van der Waals surface area contributed by atoms with Gasteiger partial charge in [-0.05, 0) is 42.2 Å². The molecule has 0 fully saturated rings. The number of halogens is 1. The van der Waals surface area contributed by atoms with Gasteiger partial charge >= 0.3 is 0 Å². The van der Waals surface area contributed by atoms with Crippen LogP contribution in [-0.4, -0.2) is 5.91 Å². The summed E-state index contributed by atoms with van der Waals surface area (Å²) < 4.78 is 12.9. The van der Waals surface area contributed by atoms with Gasteiger partial charge in [-0.25, -0.2) is 4.39 Å². The summed E-state index contributed by atoms with van der Waals surface area (Å²) in [5.41, 5.74) is 1.56. The van der Waals surface area contributed by atoms with Crippen LogP contribution < -0.4 is 5.32 Å². The van der Waals surface area contributed by atoms with Crippen molar-refractivity contribution in [2.45, 2.75) is 26.3 Å². The minimum absolute atomic E-state index is 0.0382. The van der Waals surface area contributed by atoms with E-state index in [2.05, 4.69) is 19.2 Å². The zero-order chi connectivity index (χ0) is 15.2. The Balaban J connectivity index is 2.15. The summed E-state index contributed by atoms with van der Waals surface area (Å²) in [4.78, 5) is 12.3. The van der Waals surface area contributed by atoms with Crippen LogP contribution in [0.5, 0.6) is 0 Å². The van der Waals surface area contributed by atoms with Crippen LogP contribution in [0.4, 0.5) is 4.39 Å². The second-order valence-electron chi connectivity index (χ2n) is 5.57. The quantitative estimate of drug-likeness (QED) is 0.869. The van der Waals surface area contributed by atoms with Gasteiger partial charge < -0.3 is 5.32 Å². The highest BCUT2D eigenvalue weighted by molar-refractivity contribution is 5.94. The standard InChI is InChI=1S/C18H20FNO/c1-13(2)12-17(14-6-4-3-5-7-14)20-18(21)15-8-10-16(19)11-9-15/h3-11,13,17H,12H2,1-2H3,(H,20,21). The molecule has 1 unspecified atom stereocenters. The van der Waals surface area contributed by atoms with Crippen molar-refractivity contribution in [1.29, 1.82) is 0 Å². The van der Waals surface area contributed by atoms with Crippen LogP contribution in [0.25, 0.3) is 0 Å². The number of hydrogen-bond acceptors (Lipinski definition) is 1. The van der Waals surface area contributed by atoms with E-state index < -0.39 is 0 Å². The lowest BCUT2D eigenvalue weighted by molar-refractivity contribution is 0.0932. The fourth-order valence-electron chi connectivity index (χ4n) is 2.28. The van der Waals surface area contributed by atoms with Crippen molar-refractivity contribution in [2.75, 3.05) is 0 Å². The molecule has 0 spiro atoms. The highest BCUT2D eigenvalue weighted by Gasteiger charge is 2.16. The molecule has 1 N–H and O–H groups in total. The molecule has 0 aromatic heterocycles. The number of carbonyl (C=O) groups excluding carboxylic acids is 1. The zero-order valence-electron chi connectivity index (χ0n) is 12.3. The minimum Gasteiger partial charge on any atom is -0.345 e. The molecule has 0 aliphatic carbocycles. The number of hydrogen-bond donors (Lipinski definition) is 1. The number of benzene rings is 2. The summed E-state index contributed by atoms with van der Waals surface area (Å²) in [6.07, 6.45) is 0.858. The van der Waals surface area contributed by atoms with E-state index in [1.807, 2.05) is 30.3 Å². The van der Waals surface area contributed by atoms with Gasteiger partial charge in [-0.1, -0.05) is 44.2 Å². The zero-order valence-corrected chi connectivity index (χ0v) is 12.3. The van der Waals surface area contributed by atoms with E-state index in [-0.39, 0.29) is 17.8 Å². The average Bonchev–Trinajstić information content (AvgIpc) is 2.47. The summed E-state index contributed by atoms with van der Waals surface area (Å²) in [5, 5.41) is 3.04. The second kappa shape index (κ2) is 7.02. The molecule has 0 aliphatic heterocycles. The van der Waals surface area contributed by atoms with Crippen molar-refractivity contribution >= 4 is 5.91 Å². The largest absolute Gasteiger partial charge is 0.345 e. The van der Waals surface area contributed by atoms with Crippen molar-refractivity contribution in [3.8, 4) is 0 Å². The molecule has 21 heavy (non-hydrogen) atoms. The molecule has 0 saturated carbocycles. The monoisotopic (exact) mass is 285 g/mol. The predicted octanol–water partition coefficient (Wildman–Crippen LogP) is 4.34. The van der Waals surface area contributed by atoms with Gasteiger partial charge in [0.05, 0.1) is 6.04 Å². The van der Waals surface area contributed by atoms with Crippen LogP contribution in [0.1, 0.15) is 42.2 Å². The van der Waals surface area contributed by atoms with E-state index >= 15 is 0 Å². The van der Waals surface area contributed by atoms with E-state index in [1.54, 1.807) is 0 Å². The normalized spacial score (nSPS) is 12.2. The van der Waals surface area contributed by atoms with Gasteiger partial charge in [0.2, 0.25) is 0 Å². The SMILES string of the molecule is CC(C)CC(NC(=O)c1ccc(F)cc1)c1ccccc1. The Labute approximate surface area is 125 Å². The molecule has 3 heteroatoms. The molecule has 2 nitrogen and oxygen atoms in total. The van der Waals surface area contributed by atoms with Crippen LogP contribution in [0.2, 0.25) is 0 Å². The second-order valence-corrected chi connectivity index (χ2v) is 5.57. The third-order valence-corrected chi connectivity index (χ3v) is 3.32. The lowest BCUT2D eigenvalue weighted by Crippen LogP contribution is -2.29. The lowest BCUT2D eigenvalue weighted by atomic mass is 9.96. The Hall–Kier alpha value is -2.16. The van der Waals surface area contributed by atoms with Crippen LogP contribution in [0, 0.1) is 11.7 Å². The molecule has 0 heterocycles. The van der Waals surface area contributed by atoms with Crippen LogP contribution in [0.3, 0.4) is 0 Å². The molecule has 0 bridgehead atoms. The highest BCUT2D eigenvalue weighted by atomic mass is 19.1. The summed E-state index contributed by atoms with van der Waals surface area (Å²) in [7, 11) is 0. The van der Waals surface area contributed by atoms with Crippen molar-refractivity contribution in [1.82, 2.24) is 5.32 Å². The summed E-state index contributed by atoms with van der Waals surface area (Å²) in [6.45, 7) is 4.25. The molecule has 0 saturated heterocycles. The van der Waals surface area contributed by atoms with Crippen molar-refractivity contribution in [3.05, 3.63) is 71.5 Å². The molecule has 1 atom stereocenters. The van der Waals surface area contributed by atoms with E-state index in [0.29, 0.717) is 11.5 Å². The van der Waals surface area contributed by atoms with E-state index in [9.17, 15) is 9.18 Å². The minimum atomic E-state index is -0.340. The topological polar surface area (TPSA) is 29.1 Å². The third-order valence-electron chi connectivity index (χ3n) is 3.32. The molecule has 1 amide bonds. The van der Waals surface area contributed by atoms with Gasteiger partial charge in [-0.15, -0.1) is 0 Å². The first kappa shape index (κ1) is 15.2. The Bertz CT molecular complexity index is 578. The molecular formula is C18H20FNO. The molecule has 110 valence electrons. The summed E-state index contributed by atoms with van der Waals surface area (Å²) >= 11 is 0. The highest BCUT2D eigenvalue weighted by Crippen LogP contribution is 2.21. The number of rotatable bonds is 5. The van der Waals surface area contributed by atoms with E-state index in [1.165, 1.54) is 24.3 Å². The maximum atomic E-state index is 12.9. The van der Waals surface area contributed by atoms with Crippen LogP contribution in [-0.2, 0) is 0 Å². The van der Waals surface area contributed by atoms with Gasteiger partial charge in [0.15, 0.2) is 0 Å². The molecular weight excluding hydrogens is 265 g/mol. The Morgan fingerprint density at radius 2 is 1.67 bits per heavy atom. The van der Waals surface area contributed by atoms with Crippen molar-refractivity contribution in [2.24, 2.45) is 5.92 Å². The van der Waals surface area contributed by atoms with E-state index in [4.69, 9.17) is 0 Å². The molecule has 2 aromatic carbocycles. The maximum Gasteiger partial charge on any atom is 0.251 e. The van der Waals surface area contributed by atoms with Gasteiger partial charge in [0, 0.05) is 5.56 Å². The van der Waals surface area contributed by atoms with Crippen LogP contribution >= 0.6 is 0 Å². The maximum absolute atomic E-state index is 12.9. The molecule has 2 rings (SSSR count). The molecule has 2 aromatic rings. The first-order valence-corrected chi connectivity index (χ1v) is 7.17. The van der Waals surface area contributed by atoms with Gasteiger partial charge in [0.25, 0.3) is 5.91 Å². The first-order valence-electron chi connectivity index (χ1n) is 7.17. The smallest absolute Gasteiger partial charge is 0.251 e. The van der Waals surface area contributed by atoms with Gasteiger partial charge in [0.1, 0.15) is 5.82 Å². The average molecular weight is 285 g/mol. The Kier molecular flexibility index (Phi) is 5.09. The summed E-state index contributed by atoms with van der Waals surface area (Å²) in [6, 6.07) is 15.5. The van der Waals surface area contributed by atoms with E-state index in [0.717, 1.165) is 12.0 Å². The summed E-state index contributed by atoms with van der Waals surface area (Å²) in [5.74, 6) is -0.0541. The number of nitrogens with one attached hydrogen (secondary N) is 1. The number of carbonyl (C=O) groups is 1. The molecule has 0 radical (unpaired) electrons. The number of amides is 1.